The minimum atomic E-state index is -0.624. The SMILES string of the molecule is OC1(CN2CC(N3CCN(c4ccccn4)CC3)C2)CCCOC1. The second kappa shape index (κ2) is 6.96. The molecule has 4 heterocycles. The van der Waals surface area contributed by atoms with Crippen LogP contribution in [-0.4, -0.2) is 90.6 Å². The Hall–Kier alpha value is -1.21. The van der Waals surface area contributed by atoms with E-state index in [9.17, 15) is 5.11 Å². The molecule has 3 fully saturated rings. The van der Waals surface area contributed by atoms with Crippen LogP contribution in [0, 0.1) is 0 Å². The van der Waals surface area contributed by atoms with E-state index >= 15 is 0 Å². The predicted molar refractivity (Wildman–Crippen MR) is 93.3 cm³/mol. The van der Waals surface area contributed by atoms with E-state index in [2.05, 4.69) is 31.8 Å². The van der Waals surface area contributed by atoms with Crippen molar-refractivity contribution in [1.29, 1.82) is 0 Å². The lowest BCUT2D eigenvalue weighted by molar-refractivity contribution is -0.116. The standard InChI is InChI=1S/C18H28N4O2/c23-18(5-3-11-24-15-18)14-20-12-16(13-20)21-7-9-22(10-8-21)17-4-1-2-6-19-17/h1-2,4,6,16,23H,3,5,7-15H2. The molecule has 24 heavy (non-hydrogen) atoms. The highest BCUT2D eigenvalue weighted by molar-refractivity contribution is 5.38. The van der Waals surface area contributed by atoms with E-state index in [-0.39, 0.29) is 0 Å². The van der Waals surface area contributed by atoms with Gasteiger partial charge < -0.3 is 14.7 Å². The molecule has 6 nitrogen and oxygen atoms in total. The molecule has 3 aliphatic rings. The Bertz CT molecular complexity index is 521. The van der Waals surface area contributed by atoms with E-state index in [0.717, 1.165) is 71.1 Å². The lowest BCUT2D eigenvalue weighted by Gasteiger charge is -2.50. The van der Waals surface area contributed by atoms with Crippen molar-refractivity contribution < 1.29 is 9.84 Å². The second-order valence-corrected chi connectivity index (χ2v) is 7.44. The average molecular weight is 332 g/mol. The zero-order valence-electron chi connectivity index (χ0n) is 14.3. The zero-order valence-corrected chi connectivity index (χ0v) is 14.3. The molecule has 0 aliphatic carbocycles. The summed E-state index contributed by atoms with van der Waals surface area (Å²) in [5.41, 5.74) is -0.624. The Morgan fingerprint density at radius 3 is 2.71 bits per heavy atom. The first kappa shape index (κ1) is 16.3. The summed E-state index contributed by atoms with van der Waals surface area (Å²) in [6, 6.07) is 6.75. The molecular formula is C18H28N4O2. The maximum atomic E-state index is 10.6. The molecule has 1 atom stereocenters. The van der Waals surface area contributed by atoms with Gasteiger partial charge in [0.15, 0.2) is 0 Å². The van der Waals surface area contributed by atoms with Gasteiger partial charge in [0.25, 0.3) is 0 Å². The minimum Gasteiger partial charge on any atom is -0.386 e. The molecule has 0 radical (unpaired) electrons. The third kappa shape index (κ3) is 3.57. The summed E-state index contributed by atoms with van der Waals surface area (Å²) in [6.07, 6.45) is 3.71. The minimum absolute atomic E-state index is 0.497. The Morgan fingerprint density at radius 2 is 2.04 bits per heavy atom. The first-order valence-corrected chi connectivity index (χ1v) is 9.14. The van der Waals surface area contributed by atoms with Gasteiger partial charge in [-0.1, -0.05) is 6.07 Å². The van der Waals surface area contributed by atoms with Crippen LogP contribution in [0.25, 0.3) is 0 Å². The van der Waals surface area contributed by atoms with E-state index < -0.39 is 5.60 Å². The van der Waals surface area contributed by atoms with Gasteiger partial charge in [0.2, 0.25) is 0 Å². The fourth-order valence-electron chi connectivity index (χ4n) is 4.14. The van der Waals surface area contributed by atoms with Crippen LogP contribution < -0.4 is 4.90 Å². The summed E-state index contributed by atoms with van der Waals surface area (Å²) < 4.78 is 5.45. The number of β-amino-alcohol motifs (C(OH)–C–C–N with tert-alkyl or cyclic N) is 1. The number of likely N-dealkylation sites (tertiary alicyclic amines) is 1. The van der Waals surface area contributed by atoms with Crippen molar-refractivity contribution in [3.8, 4) is 0 Å². The van der Waals surface area contributed by atoms with Crippen LogP contribution in [0.4, 0.5) is 5.82 Å². The van der Waals surface area contributed by atoms with Crippen LogP contribution >= 0.6 is 0 Å². The number of anilines is 1. The fourth-order valence-corrected chi connectivity index (χ4v) is 4.14. The molecular weight excluding hydrogens is 304 g/mol. The highest BCUT2D eigenvalue weighted by Gasteiger charge is 2.39. The van der Waals surface area contributed by atoms with E-state index in [1.54, 1.807) is 0 Å². The Kier molecular flexibility index (Phi) is 4.72. The molecule has 0 bridgehead atoms. The molecule has 3 saturated heterocycles. The van der Waals surface area contributed by atoms with Crippen molar-refractivity contribution in [2.24, 2.45) is 0 Å². The summed E-state index contributed by atoms with van der Waals surface area (Å²) >= 11 is 0. The summed E-state index contributed by atoms with van der Waals surface area (Å²) in [5.74, 6) is 1.09. The van der Waals surface area contributed by atoms with Crippen LogP contribution in [0.1, 0.15) is 12.8 Å². The van der Waals surface area contributed by atoms with E-state index in [0.29, 0.717) is 12.6 Å². The lowest BCUT2D eigenvalue weighted by atomic mass is 9.93. The normalized spacial score (nSPS) is 30.3. The van der Waals surface area contributed by atoms with Gasteiger partial charge in [0.1, 0.15) is 11.4 Å². The fraction of sp³-hybridized carbons (Fsp3) is 0.722. The van der Waals surface area contributed by atoms with E-state index in [1.165, 1.54) is 0 Å². The molecule has 1 aromatic rings. The van der Waals surface area contributed by atoms with Gasteiger partial charge in [-0.3, -0.25) is 9.80 Å². The third-order valence-electron chi connectivity index (χ3n) is 5.56. The number of rotatable bonds is 4. The smallest absolute Gasteiger partial charge is 0.128 e. The number of nitrogens with zero attached hydrogens (tertiary/aromatic N) is 4. The Morgan fingerprint density at radius 1 is 1.21 bits per heavy atom. The topological polar surface area (TPSA) is 52.1 Å². The summed E-state index contributed by atoms with van der Waals surface area (Å²) in [7, 11) is 0. The summed E-state index contributed by atoms with van der Waals surface area (Å²) in [6.45, 7) is 8.50. The van der Waals surface area contributed by atoms with Crippen LogP contribution in [0.15, 0.2) is 24.4 Å². The van der Waals surface area contributed by atoms with E-state index in [1.807, 2.05) is 12.3 Å². The van der Waals surface area contributed by atoms with Crippen molar-refractivity contribution in [2.75, 3.05) is 63.9 Å². The average Bonchev–Trinajstić information content (AvgIpc) is 2.59. The first-order valence-electron chi connectivity index (χ1n) is 9.14. The Labute approximate surface area is 144 Å². The number of piperazine rings is 1. The maximum absolute atomic E-state index is 10.6. The first-order chi connectivity index (χ1) is 11.7. The predicted octanol–water partition coefficient (Wildman–Crippen LogP) is 0.429. The number of aliphatic hydroxyl groups is 1. The lowest BCUT2D eigenvalue weighted by Crippen LogP contribution is -2.65. The highest BCUT2D eigenvalue weighted by Crippen LogP contribution is 2.25. The molecule has 6 heteroatoms. The molecule has 0 spiro atoms. The van der Waals surface area contributed by atoms with Gasteiger partial charge in [0.05, 0.1) is 6.61 Å². The molecule has 3 aliphatic heterocycles. The molecule has 1 aromatic heterocycles. The van der Waals surface area contributed by atoms with Crippen molar-refractivity contribution in [2.45, 2.75) is 24.5 Å². The van der Waals surface area contributed by atoms with Crippen LogP contribution in [-0.2, 0) is 4.74 Å². The quantitative estimate of drug-likeness (QED) is 0.863. The van der Waals surface area contributed by atoms with Gasteiger partial charge in [-0.25, -0.2) is 4.98 Å². The molecule has 0 saturated carbocycles. The maximum Gasteiger partial charge on any atom is 0.128 e. The van der Waals surface area contributed by atoms with Crippen molar-refractivity contribution in [1.82, 2.24) is 14.8 Å². The molecule has 0 amide bonds. The van der Waals surface area contributed by atoms with Crippen LogP contribution in [0.5, 0.6) is 0 Å². The number of hydrogen-bond donors (Lipinski definition) is 1. The van der Waals surface area contributed by atoms with Gasteiger partial charge in [-0.05, 0) is 25.0 Å². The molecule has 132 valence electrons. The number of pyridine rings is 1. The number of hydrogen-bond acceptors (Lipinski definition) is 6. The molecule has 4 rings (SSSR count). The van der Waals surface area contributed by atoms with Crippen molar-refractivity contribution >= 4 is 5.82 Å². The van der Waals surface area contributed by atoms with E-state index in [4.69, 9.17) is 4.74 Å². The van der Waals surface area contributed by atoms with Crippen LogP contribution in [0.2, 0.25) is 0 Å². The van der Waals surface area contributed by atoms with Gasteiger partial charge in [-0.2, -0.15) is 0 Å². The summed E-state index contributed by atoms with van der Waals surface area (Å²) in [5, 5.41) is 10.6. The zero-order chi connectivity index (χ0) is 16.4. The number of ether oxygens (including phenoxy) is 1. The van der Waals surface area contributed by atoms with Crippen LogP contribution in [0.3, 0.4) is 0 Å². The molecule has 0 aromatic carbocycles. The van der Waals surface area contributed by atoms with Crippen molar-refractivity contribution in [3.05, 3.63) is 24.4 Å². The monoisotopic (exact) mass is 332 g/mol. The summed E-state index contributed by atoms with van der Waals surface area (Å²) in [4.78, 5) is 11.8. The highest BCUT2D eigenvalue weighted by atomic mass is 16.5. The van der Waals surface area contributed by atoms with Crippen molar-refractivity contribution in [3.63, 3.8) is 0 Å². The van der Waals surface area contributed by atoms with Gasteiger partial charge in [0, 0.05) is 64.7 Å². The Balaban J connectivity index is 1.21. The molecule has 1 N–H and O–H groups in total. The number of aromatic nitrogens is 1. The largest absolute Gasteiger partial charge is 0.386 e. The second-order valence-electron chi connectivity index (χ2n) is 7.44. The van der Waals surface area contributed by atoms with Gasteiger partial charge >= 0.3 is 0 Å². The molecule has 1 unspecified atom stereocenters. The third-order valence-corrected chi connectivity index (χ3v) is 5.56. The van der Waals surface area contributed by atoms with Gasteiger partial charge in [-0.15, -0.1) is 0 Å².